The predicted molar refractivity (Wildman–Crippen MR) is 184 cm³/mol. The van der Waals surface area contributed by atoms with Crippen LogP contribution in [0.4, 0.5) is 0 Å². The Kier molecular flexibility index (Phi) is 6.69. The molecule has 0 bridgehead atoms. The van der Waals surface area contributed by atoms with Crippen LogP contribution in [0.25, 0.3) is 43.8 Å². The number of rotatable bonds is 4. The summed E-state index contributed by atoms with van der Waals surface area (Å²) in [6.07, 6.45) is 0. The molecular formula is C38H40B2O4. The second-order valence-corrected chi connectivity index (χ2v) is 14.3. The van der Waals surface area contributed by atoms with Crippen molar-refractivity contribution in [2.75, 3.05) is 0 Å². The maximum atomic E-state index is 6.74. The molecule has 2 fully saturated rings. The van der Waals surface area contributed by atoms with Gasteiger partial charge in [-0.15, -0.1) is 0 Å². The molecule has 0 radical (unpaired) electrons. The molecule has 222 valence electrons. The fourth-order valence-corrected chi connectivity index (χ4v) is 6.36. The van der Waals surface area contributed by atoms with E-state index >= 15 is 0 Å². The van der Waals surface area contributed by atoms with Crippen molar-refractivity contribution < 1.29 is 18.6 Å². The van der Waals surface area contributed by atoms with Crippen LogP contribution in [0.5, 0.6) is 0 Å². The molecule has 7 rings (SSSR count). The van der Waals surface area contributed by atoms with E-state index in [0.29, 0.717) is 0 Å². The molecule has 0 spiro atoms. The van der Waals surface area contributed by atoms with E-state index in [2.05, 4.69) is 152 Å². The van der Waals surface area contributed by atoms with E-state index in [1.54, 1.807) is 0 Å². The minimum absolute atomic E-state index is 0.465. The highest BCUT2D eigenvalue weighted by Gasteiger charge is 2.55. The molecule has 5 aromatic carbocycles. The van der Waals surface area contributed by atoms with Gasteiger partial charge in [0.1, 0.15) is 0 Å². The van der Waals surface area contributed by atoms with Crippen LogP contribution in [0.1, 0.15) is 55.4 Å². The van der Waals surface area contributed by atoms with Gasteiger partial charge in [0, 0.05) is 0 Å². The minimum Gasteiger partial charge on any atom is -0.399 e. The summed E-state index contributed by atoms with van der Waals surface area (Å²) in [6, 6.07) is 34.5. The summed E-state index contributed by atoms with van der Waals surface area (Å²) < 4.78 is 26.9. The maximum Gasteiger partial charge on any atom is 0.496 e. The average Bonchev–Trinajstić information content (AvgIpc) is 3.34. The van der Waals surface area contributed by atoms with E-state index in [4.69, 9.17) is 18.6 Å². The van der Waals surface area contributed by atoms with E-state index in [1.807, 2.05) is 0 Å². The van der Waals surface area contributed by atoms with E-state index in [1.165, 1.54) is 11.1 Å². The first-order chi connectivity index (χ1) is 20.8. The number of hydrogen-bond donors (Lipinski definition) is 0. The van der Waals surface area contributed by atoms with Crippen LogP contribution in [0.3, 0.4) is 0 Å². The third kappa shape index (κ3) is 4.62. The van der Waals surface area contributed by atoms with Gasteiger partial charge in [0.05, 0.1) is 22.4 Å². The van der Waals surface area contributed by atoms with Gasteiger partial charge in [-0.1, -0.05) is 84.9 Å². The van der Waals surface area contributed by atoms with Gasteiger partial charge in [-0.25, -0.2) is 0 Å². The van der Waals surface area contributed by atoms with Crippen molar-refractivity contribution in [1.82, 2.24) is 0 Å². The summed E-state index contributed by atoms with van der Waals surface area (Å²) in [6.45, 7) is 16.9. The molecule has 6 heteroatoms. The number of benzene rings is 5. The molecule has 2 saturated heterocycles. The van der Waals surface area contributed by atoms with Crippen molar-refractivity contribution >= 4 is 46.7 Å². The van der Waals surface area contributed by atoms with Crippen molar-refractivity contribution in [3.63, 3.8) is 0 Å². The highest BCUT2D eigenvalue weighted by Crippen LogP contribution is 2.41. The van der Waals surface area contributed by atoms with Gasteiger partial charge >= 0.3 is 14.2 Å². The largest absolute Gasteiger partial charge is 0.496 e. The predicted octanol–water partition coefficient (Wildman–Crippen LogP) is 7.93. The molecule has 0 aromatic heterocycles. The summed E-state index contributed by atoms with van der Waals surface area (Å²) in [7, 11) is -1.06. The van der Waals surface area contributed by atoms with Gasteiger partial charge in [-0.2, -0.15) is 0 Å². The lowest BCUT2D eigenvalue weighted by Crippen LogP contribution is -2.41. The van der Waals surface area contributed by atoms with Gasteiger partial charge in [0.25, 0.3) is 0 Å². The molecular weight excluding hydrogens is 542 g/mol. The fourth-order valence-electron chi connectivity index (χ4n) is 6.36. The van der Waals surface area contributed by atoms with Crippen molar-refractivity contribution in [3.05, 3.63) is 97.1 Å². The zero-order valence-corrected chi connectivity index (χ0v) is 27.0. The summed E-state index contributed by atoms with van der Waals surface area (Å²) in [5.41, 5.74) is 4.86. The Hall–Kier alpha value is -3.41. The van der Waals surface area contributed by atoms with Gasteiger partial charge in [-0.3, -0.25) is 0 Å². The van der Waals surface area contributed by atoms with E-state index in [-0.39, 0.29) is 0 Å². The molecule has 0 atom stereocenters. The Labute approximate surface area is 262 Å². The third-order valence-electron chi connectivity index (χ3n) is 10.4. The zero-order valence-electron chi connectivity index (χ0n) is 27.0. The Bertz CT molecular complexity index is 1860. The summed E-state index contributed by atoms with van der Waals surface area (Å²) >= 11 is 0. The number of fused-ring (bicyclic) bond motifs is 2. The molecule has 5 aromatic rings. The smallest absolute Gasteiger partial charge is 0.399 e. The SMILES string of the molecule is CC1(C)OB(c2c3ccccc3c(B3OC(C)(C)C(C)(C)O3)c3cc(-c4cccc(-c5ccccc5)c4)ccc23)OC1(C)C. The van der Waals surface area contributed by atoms with Crippen molar-refractivity contribution in [1.29, 1.82) is 0 Å². The molecule has 2 heterocycles. The van der Waals surface area contributed by atoms with Crippen LogP contribution < -0.4 is 10.9 Å². The summed E-state index contributed by atoms with van der Waals surface area (Å²) in [4.78, 5) is 0. The highest BCUT2D eigenvalue weighted by atomic mass is 16.7. The fraction of sp³-hybridized carbons (Fsp3) is 0.316. The van der Waals surface area contributed by atoms with Crippen LogP contribution in [0.15, 0.2) is 97.1 Å². The Morgan fingerprint density at radius 2 is 0.750 bits per heavy atom. The van der Waals surface area contributed by atoms with Crippen molar-refractivity contribution in [3.8, 4) is 22.3 Å². The Morgan fingerprint density at radius 1 is 0.364 bits per heavy atom. The first kappa shape index (κ1) is 29.3. The lowest BCUT2D eigenvalue weighted by Gasteiger charge is -2.32. The van der Waals surface area contributed by atoms with E-state index < -0.39 is 36.6 Å². The summed E-state index contributed by atoms with van der Waals surface area (Å²) in [5.74, 6) is 0. The topological polar surface area (TPSA) is 36.9 Å². The van der Waals surface area contributed by atoms with Crippen LogP contribution in [0, 0.1) is 0 Å². The average molecular weight is 582 g/mol. The molecule has 4 nitrogen and oxygen atoms in total. The van der Waals surface area contributed by atoms with Crippen molar-refractivity contribution in [2.45, 2.75) is 77.8 Å². The van der Waals surface area contributed by atoms with Crippen LogP contribution in [0.2, 0.25) is 0 Å². The second kappa shape index (κ2) is 10.1. The van der Waals surface area contributed by atoms with Gasteiger partial charge < -0.3 is 18.6 Å². The maximum absolute atomic E-state index is 6.74. The minimum atomic E-state index is -0.536. The van der Waals surface area contributed by atoms with Gasteiger partial charge in [-0.05, 0) is 122 Å². The standard InChI is InChI=1S/C38H40B2O4/c1-35(2)36(3,4)42-39(41-35)33-29-19-12-13-20-30(29)34(40-43-37(5,6)38(7,8)44-40)32-24-28(21-22-31(32)33)27-18-14-17-26(23-27)25-15-10-9-11-16-25/h9-24H,1-8H3. The molecule has 0 aliphatic carbocycles. The van der Waals surface area contributed by atoms with E-state index in [9.17, 15) is 0 Å². The van der Waals surface area contributed by atoms with Gasteiger partial charge in [0.2, 0.25) is 0 Å². The lowest BCUT2D eigenvalue weighted by atomic mass is 9.66. The van der Waals surface area contributed by atoms with Crippen LogP contribution >= 0.6 is 0 Å². The Balaban J connectivity index is 1.49. The second-order valence-electron chi connectivity index (χ2n) is 14.3. The van der Waals surface area contributed by atoms with E-state index in [0.717, 1.165) is 43.6 Å². The normalized spacial score (nSPS) is 20.1. The Morgan fingerprint density at radius 3 is 1.27 bits per heavy atom. The molecule has 0 unspecified atom stereocenters. The monoisotopic (exact) mass is 582 g/mol. The zero-order chi connectivity index (χ0) is 31.1. The molecule has 2 aliphatic heterocycles. The third-order valence-corrected chi connectivity index (χ3v) is 10.4. The molecule has 0 amide bonds. The summed E-state index contributed by atoms with van der Waals surface area (Å²) in [5, 5.41) is 4.32. The quantitative estimate of drug-likeness (QED) is 0.159. The number of hydrogen-bond acceptors (Lipinski definition) is 4. The van der Waals surface area contributed by atoms with Gasteiger partial charge in [0.15, 0.2) is 0 Å². The van der Waals surface area contributed by atoms with Crippen molar-refractivity contribution in [2.24, 2.45) is 0 Å². The first-order valence-corrected chi connectivity index (χ1v) is 15.6. The first-order valence-electron chi connectivity index (χ1n) is 15.6. The lowest BCUT2D eigenvalue weighted by molar-refractivity contribution is 0.00578. The highest BCUT2D eigenvalue weighted by molar-refractivity contribution is 6.73. The molecule has 44 heavy (non-hydrogen) atoms. The van der Waals surface area contributed by atoms with Crippen LogP contribution in [-0.4, -0.2) is 36.6 Å². The molecule has 0 N–H and O–H groups in total. The van der Waals surface area contributed by atoms with Crippen LogP contribution in [-0.2, 0) is 18.6 Å². The molecule has 0 saturated carbocycles. The molecule has 2 aliphatic rings.